The topological polar surface area (TPSA) is 75.9 Å². The number of nitrogens with two attached hydrogens (primary N) is 1. The Morgan fingerprint density at radius 1 is 1.48 bits per heavy atom. The summed E-state index contributed by atoms with van der Waals surface area (Å²) >= 11 is 1.78. The summed E-state index contributed by atoms with van der Waals surface area (Å²) in [4.78, 5) is 29.0. The zero-order valence-corrected chi connectivity index (χ0v) is 14.2. The predicted molar refractivity (Wildman–Crippen MR) is 88.0 cm³/mol. The Hall–Kier alpha value is -1.44. The first-order valence-electron chi connectivity index (χ1n) is 8.02. The number of fused-ring (bicyclic) bond motifs is 1. The summed E-state index contributed by atoms with van der Waals surface area (Å²) in [6.45, 7) is 4.92. The van der Waals surface area contributed by atoms with E-state index in [-0.39, 0.29) is 24.7 Å². The van der Waals surface area contributed by atoms with Crippen molar-refractivity contribution in [3.63, 3.8) is 0 Å². The normalized spacial score (nSPS) is 22.8. The molecule has 1 saturated heterocycles. The lowest BCUT2D eigenvalue weighted by Crippen LogP contribution is -2.48. The number of hydrogen-bond donors (Lipinski definition) is 1. The summed E-state index contributed by atoms with van der Waals surface area (Å²) in [5.41, 5.74) is 6.39. The molecule has 1 aromatic heterocycles. The smallest absolute Gasteiger partial charge is 0.243 e. The van der Waals surface area contributed by atoms with E-state index in [1.165, 1.54) is 10.4 Å². The highest BCUT2D eigenvalue weighted by Gasteiger charge is 2.33. The van der Waals surface area contributed by atoms with Crippen LogP contribution in [0.2, 0.25) is 0 Å². The lowest BCUT2D eigenvalue weighted by Gasteiger charge is -2.32. The van der Waals surface area contributed by atoms with Gasteiger partial charge in [0.15, 0.2) is 0 Å². The monoisotopic (exact) mass is 337 g/mol. The van der Waals surface area contributed by atoms with Crippen molar-refractivity contribution >= 4 is 23.2 Å². The molecule has 126 valence electrons. The number of nitrogens with zero attached hydrogens (tertiary/aromatic N) is 2. The molecule has 6 nitrogen and oxygen atoms in total. The average molecular weight is 337 g/mol. The third-order valence-corrected chi connectivity index (χ3v) is 5.69. The molecule has 7 heteroatoms. The van der Waals surface area contributed by atoms with Crippen LogP contribution in [0, 0.1) is 0 Å². The molecule has 2 amide bonds. The number of thiophene rings is 1. The lowest BCUT2D eigenvalue weighted by atomic mass is 10.1. The van der Waals surface area contributed by atoms with Crippen LogP contribution < -0.4 is 5.73 Å². The van der Waals surface area contributed by atoms with E-state index < -0.39 is 5.91 Å². The zero-order chi connectivity index (χ0) is 16.4. The van der Waals surface area contributed by atoms with Crippen LogP contribution >= 0.6 is 11.3 Å². The number of carbonyl (C=O) groups is 2. The van der Waals surface area contributed by atoms with E-state index in [0.29, 0.717) is 6.54 Å². The van der Waals surface area contributed by atoms with Crippen LogP contribution in [0.3, 0.4) is 0 Å². The third-order valence-electron chi connectivity index (χ3n) is 4.66. The van der Waals surface area contributed by atoms with Crippen LogP contribution in [-0.4, -0.2) is 60.0 Å². The largest absolute Gasteiger partial charge is 0.368 e. The minimum atomic E-state index is -0.451. The van der Waals surface area contributed by atoms with Gasteiger partial charge in [-0.2, -0.15) is 0 Å². The van der Waals surface area contributed by atoms with E-state index in [9.17, 15) is 9.59 Å². The third kappa shape index (κ3) is 3.73. The number of likely N-dealkylation sites (tertiary alicyclic amines) is 1. The maximum absolute atomic E-state index is 12.8. The molecule has 0 spiro atoms. The van der Waals surface area contributed by atoms with Crippen molar-refractivity contribution in [2.24, 2.45) is 5.73 Å². The predicted octanol–water partition coefficient (Wildman–Crippen LogP) is 0.597. The van der Waals surface area contributed by atoms with Crippen LogP contribution in [0.15, 0.2) is 11.4 Å². The second-order valence-electron chi connectivity index (χ2n) is 6.24. The van der Waals surface area contributed by atoms with Crippen molar-refractivity contribution in [2.45, 2.75) is 38.5 Å². The fraction of sp³-hybridized carbons (Fsp3) is 0.625. The first-order chi connectivity index (χ1) is 11.0. The standard InChI is InChI=1S/C16H23N3O3S/c1-11(18-5-2-13(9-18)22-10-15(17)20)16(21)19-6-3-14-12(8-19)4-7-23-14/h4,7,11,13H,2-3,5-6,8-10H2,1H3,(H2,17,20). The van der Waals surface area contributed by atoms with Gasteiger partial charge in [0.05, 0.1) is 12.1 Å². The number of primary amides is 1. The number of hydrogen-bond acceptors (Lipinski definition) is 5. The van der Waals surface area contributed by atoms with Gasteiger partial charge < -0.3 is 15.4 Å². The van der Waals surface area contributed by atoms with Gasteiger partial charge in [-0.1, -0.05) is 0 Å². The minimum absolute atomic E-state index is 0.0115. The highest BCUT2D eigenvalue weighted by molar-refractivity contribution is 7.10. The Bertz CT molecular complexity index is 589. The van der Waals surface area contributed by atoms with Gasteiger partial charge in [0.2, 0.25) is 11.8 Å². The van der Waals surface area contributed by atoms with Gasteiger partial charge in [0, 0.05) is 31.1 Å². The van der Waals surface area contributed by atoms with Crippen LogP contribution in [0.5, 0.6) is 0 Å². The molecule has 3 rings (SSSR count). The molecule has 2 atom stereocenters. The van der Waals surface area contributed by atoms with Crippen molar-refractivity contribution in [3.05, 3.63) is 21.9 Å². The molecule has 0 radical (unpaired) electrons. The molecule has 3 heterocycles. The number of rotatable bonds is 5. The van der Waals surface area contributed by atoms with E-state index in [0.717, 1.165) is 32.5 Å². The molecule has 2 aliphatic heterocycles. The van der Waals surface area contributed by atoms with Gasteiger partial charge in [-0.3, -0.25) is 14.5 Å². The van der Waals surface area contributed by atoms with Crippen LogP contribution in [-0.2, 0) is 27.3 Å². The van der Waals surface area contributed by atoms with Gasteiger partial charge >= 0.3 is 0 Å². The van der Waals surface area contributed by atoms with Gasteiger partial charge in [-0.25, -0.2) is 0 Å². The zero-order valence-electron chi connectivity index (χ0n) is 13.4. The minimum Gasteiger partial charge on any atom is -0.368 e. The van der Waals surface area contributed by atoms with Crippen molar-refractivity contribution in [2.75, 3.05) is 26.2 Å². The van der Waals surface area contributed by atoms with E-state index in [1.54, 1.807) is 11.3 Å². The molecular formula is C16H23N3O3S. The Morgan fingerprint density at radius 3 is 3.09 bits per heavy atom. The van der Waals surface area contributed by atoms with Crippen molar-refractivity contribution in [1.29, 1.82) is 0 Å². The molecular weight excluding hydrogens is 314 g/mol. The van der Waals surface area contributed by atoms with Gasteiger partial charge in [-0.05, 0) is 36.8 Å². The quantitative estimate of drug-likeness (QED) is 0.854. The Balaban J connectivity index is 1.53. The van der Waals surface area contributed by atoms with Gasteiger partial charge in [0.1, 0.15) is 6.61 Å². The maximum atomic E-state index is 12.8. The molecule has 2 unspecified atom stereocenters. The van der Waals surface area contributed by atoms with Crippen LogP contribution in [0.1, 0.15) is 23.8 Å². The summed E-state index contributed by atoms with van der Waals surface area (Å²) in [5.74, 6) is -0.273. The summed E-state index contributed by atoms with van der Waals surface area (Å²) in [5, 5.41) is 2.10. The highest BCUT2D eigenvalue weighted by atomic mass is 32.1. The molecule has 2 aliphatic rings. The van der Waals surface area contributed by atoms with Crippen molar-refractivity contribution in [3.8, 4) is 0 Å². The second-order valence-corrected chi connectivity index (χ2v) is 7.24. The van der Waals surface area contributed by atoms with Crippen LogP contribution in [0.25, 0.3) is 0 Å². The van der Waals surface area contributed by atoms with Crippen molar-refractivity contribution in [1.82, 2.24) is 9.80 Å². The molecule has 2 N–H and O–H groups in total. The second kappa shape index (κ2) is 6.98. The number of ether oxygens (including phenoxy) is 1. The summed E-state index contributed by atoms with van der Waals surface area (Å²) in [6, 6.07) is 1.96. The SMILES string of the molecule is CC(C(=O)N1CCc2sccc2C1)N1CCC(OCC(N)=O)C1. The van der Waals surface area contributed by atoms with Crippen LogP contribution in [0.4, 0.5) is 0 Å². The Morgan fingerprint density at radius 2 is 2.30 bits per heavy atom. The molecule has 0 bridgehead atoms. The average Bonchev–Trinajstić information content (AvgIpc) is 3.19. The summed E-state index contributed by atoms with van der Waals surface area (Å²) < 4.78 is 5.47. The molecule has 0 aliphatic carbocycles. The molecule has 0 aromatic carbocycles. The summed E-state index contributed by atoms with van der Waals surface area (Å²) in [6.07, 6.45) is 1.78. The first kappa shape index (κ1) is 16.4. The molecule has 0 saturated carbocycles. The number of amides is 2. The van der Waals surface area contributed by atoms with E-state index in [1.807, 2.05) is 11.8 Å². The fourth-order valence-corrected chi connectivity index (χ4v) is 4.19. The van der Waals surface area contributed by atoms with Gasteiger partial charge in [-0.15, -0.1) is 11.3 Å². The van der Waals surface area contributed by atoms with Gasteiger partial charge in [0.25, 0.3) is 0 Å². The Labute approximate surface area is 140 Å². The lowest BCUT2D eigenvalue weighted by molar-refractivity contribution is -0.137. The van der Waals surface area contributed by atoms with E-state index >= 15 is 0 Å². The maximum Gasteiger partial charge on any atom is 0.243 e. The Kier molecular flexibility index (Phi) is 4.99. The number of carbonyl (C=O) groups excluding carboxylic acids is 2. The summed E-state index contributed by atoms with van der Waals surface area (Å²) in [7, 11) is 0. The van der Waals surface area contributed by atoms with Crippen molar-refractivity contribution < 1.29 is 14.3 Å². The van der Waals surface area contributed by atoms with E-state index in [4.69, 9.17) is 10.5 Å². The first-order valence-corrected chi connectivity index (χ1v) is 8.90. The molecule has 23 heavy (non-hydrogen) atoms. The highest BCUT2D eigenvalue weighted by Crippen LogP contribution is 2.25. The fourth-order valence-electron chi connectivity index (χ4n) is 3.30. The molecule has 1 aromatic rings. The van der Waals surface area contributed by atoms with E-state index in [2.05, 4.69) is 16.3 Å². The molecule has 1 fully saturated rings.